The zero-order valence-corrected chi connectivity index (χ0v) is 17.0. The van der Waals surface area contributed by atoms with E-state index < -0.39 is 23.1 Å². The number of rotatable bonds is 2. The molecule has 0 saturated carbocycles. The lowest BCUT2D eigenvalue weighted by atomic mass is 9.82. The van der Waals surface area contributed by atoms with E-state index in [2.05, 4.69) is 34.7 Å². The van der Waals surface area contributed by atoms with Crippen LogP contribution in [0, 0.1) is 17.0 Å². The van der Waals surface area contributed by atoms with Gasteiger partial charge in [0.25, 0.3) is 0 Å². The van der Waals surface area contributed by atoms with Gasteiger partial charge in [-0.05, 0) is 58.5 Å². The minimum Gasteiger partial charge on any atom is -0.503 e. The maximum atomic E-state index is 14.5. The first kappa shape index (κ1) is 19.0. The minimum atomic E-state index is -1.25. The first-order valence-corrected chi connectivity index (χ1v) is 9.75. The molecule has 8 heteroatoms. The van der Waals surface area contributed by atoms with Crippen LogP contribution in [0.25, 0.3) is 16.8 Å². The molecule has 0 amide bonds. The number of aromatic nitrogens is 1. The van der Waals surface area contributed by atoms with Crippen LogP contribution in [-0.4, -0.2) is 22.8 Å². The predicted octanol–water partition coefficient (Wildman–Crippen LogP) is 4.96. The molecule has 1 N–H and O–H groups in total. The maximum absolute atomic E-state index is 14.5. The highest BCUT2D eigenvalue weighted by molar-refractivity contribution is 9.10. The third kappa shape index (κ3) is 2.99. The van der Waals surface area contributed by atoms with Gasteiger partial charge in [-0.1, -0.05) is 13.8 Å². The molecule has 148 valence electrons. The number of phenolic OH excluding ortho intramolecular Hbond substituents is 1. The zero-order valence-electron chi connectivity index (χ0n) is 15.4. The Labute approximate surface area is 168 Å². The Balaban J connectivity index is 1.75. The lowest BCUT2D eigenvalue weighted by Gasteiger charge is -2.38. The second-order valence-corrected chi connectivity index (χ2v) is 8.63. The van der Waals surface area contributed by atoms with Crippen molar-refractivity contribution in [3.63, 3.8) is 0 Å². The summed E-state index contributed by atoms with van der Waals surface area (Å²) in [5.74, 6) is -4.49. The molecule has 1 aliphatic rings. The fraction of sp³-hybridized carbons (Fsp3) is 0.350. The fourth-order valence-corrected chi connectivity index (χ4v) is 4.01. The number of oxazole rings is 1. The molecule has 0 radical (unpaired) electrons. The van der Waals surface area contributed by atoms with Crippen LogP contribution in [0.2, 0.25) is 0 Å². The number of phenols is 1. The zero-order chi connectivity index (χ0) is 20.2. The van der Waals surface area contributed by atoms with Gasteiger partial charge in [0.2, 0.25) is 0 Å². The van der Waals surface area contributed by atoms with Gasteiger partial charge in [-0.15, -0.1) is 0 Å². The van der Waals surface area contributed by atoms with Crippen LogP contribution in [-0.2, 0) is 0 Å². The van der Waals surface area contributed by atoms with Crippen LogP contribution < -0.4 is 10.7 Å². The number of piperidine rings is 1. The van der Waals surface area contributed by atoms with Crippen molar-refractivity contribution in [1.82, 2.24) is 4.57 Å². The predicted molar refractivity (Wildman–Crippen MR) is 106 cm³/mol. The minimum absolute atomic E-state index is 0.292. The Morgan fingerprint density at radius 3 is 2.25 bits per heavy atom. The molecule has 0 aliphatic carbocycles. The van der Waals surface area contributed by atoms with Crippen molar-refractivity contribution in [1.29, 1.82) is 0 Å². The van der Waals surface area contributed by atoms with E-state index in [4.69, 9.17) is 4.42 Å². The van der Waals surface area contributed by atoms with Crippen molar-refractivity contribution < 1.29 is 18.3 Å². The SMILES string of the molecule is CC1(C)CCN(c2ccc(-n3c(=O)oc4c(Br)c(F)c(O)c(F)c43)cc2)CC1. The van der Waals surface area contributed by atoms with Gasteiger partial charge >= 0.3 is 5.76 Å². The maximum Gasteiger partial charge on any atom is 0.424 e. The van der Waals surface area contributed by atoms with E-state index >= 15 is 0 Å². The van der Waals surface area contributed by atoms with Crippen molar-refractivity contribution in [2.24, 2.45) is 5.41 Å². The molecule has 1 aromatic heterocycles. The number of nitrogens with zero attached hydrogens (tertiary/aromatic N) is 2. The second-order valence-electron chi connectivity index (χ2n) is 7.84. The Morgan fingerprint density at radius 2 is 1.64 bits per heavy atom. The molecule has 0 bridgehead atoms. The molecular formula is C20H19BrF2N2O3. The largest absolute Gasteiger partial charge is 0.503 e. The Kier molecular flexibility index (Phi) is 4.49. The molecule has 4 rings (SSSR count). The molecule has 28 heavy (non-hydrogen) atoms. The van der Waals surface area contributed by atoms with Crippen LogP contribution in [0.5, 0.6) is 5.75 Å². The molecule has 2 heterocycles. The average molecular weight is 453 g/mol. The van der Waals surface area contributed by atoms with Crippen LogP contribution in [0.3, 0.4) is 0 Å². The number of anilines is 1. The van der Waals surface area contributed by atoms with Gasteiger partial charge in [0.05, 0.1) is 5.69 Å². The van der Waals surface area contributed by atoms with Crippen molar-refractivity contribution in [2.75, 3.05) is 18.0 Å². The second kappa shape index (κ2) is 6.62. The molecule has 0 atom stereocenters. The van der Waals surface area contributed by atoms with Gasteiger partial charge in [-0.2, -0.15) is 0 Å². The van der Waals surface area contributed by atoms with Gasteiger partial charge in [0, 0.05) is 18.8 Å². The third-order valence-electron chi connectivity index (χ3n) is 5.42. The number of aromatic hydroxyl groups is 1. The molecule has 2 aromatic carbocycles. The molecule has 1 aliphatic heterocycles. The molecule has 3 aromatic rings. The molecule has 1 fully saturated rings. The van der Waals surface area contributed by atoms with Crippen LogP contribution in [0.4, 0.5) is 14.5 Å². The summed E-state index contributed by atoms with van der Waals surface area (Å²) in [6.45, 7) is 6.40. The average Bonchev–Trinajstić information content (AvgIpc) is 3.02. The van der Waals surface area contributed by atoms with E-state index in [0.29, 0.717) is 11.1 Å². The first-order chi connectivity index (χ1) is 13.2. The molecule has 0 unspecified atom stereocenters. The van der Waals surface area contributed by atoms with Crippen molar-refractivity contribution in [3.05, 3.63) is 50.9 Å². The van der Waals surface area contributed by atoms with Crippen LogP contribution in [0.15, 0.2) is 37.9 Å². The van der Waals surface area contributed by atoms with E-state index in [-0.39, 0.29) is 15.6 Å². The lowest BCUT2D eigenvalue weighted by molar-refractivity contribution is 0.280. The van der Waals surface area contributed by atoms with E-state index in [1.807, 2.05) is 12.1 Å². The lowest BCUT2D eigenvalue weighted by Crippen LogP contribution is -2.37. The van der Waals surface area contributed by atoms with Gasteiger partial charge in [0.1, 0.15) is 9.99 Å². The number of hydrogen-bond donors (Lipinski definition) is 1. The van der Waals surface area contributed by atoms with Crippen LogP contribution >= 0.6 is 15.9 Å². The Morgan fingerprint density at radius 1 is 1.07 bits per heavy atom. The normalized spacial score (nSPS) is 16.7. The first-order valence-electron chi connectivity index (χ1n) is 8.96. The smallest absolute Gasteiger partial charge is 0.424 e. The summed E-state index contributed by atoms with van der Waals surface area (Å²) >= 11 is 2.90. The van der Waals surface area contributed by atoms with Gasteiger partial charge in [-0.25, -0.2) is 18.1 Å². The standard InChI is InChI=1S/C20H19BrF2N2O3/c1-20(2)7-9-24(10-8-20)11-3-5-12(6-4-11)25-16-15(23)17(26)14(22)13(21)18(16)28-19(25)27/h3-6,26H,7-10H2,1-2H3. The van der Waals surface area contributed by atoms with E-state index in [9.17, 15) is 18.7 Å². The molecule has 0 spiro atoms. The summed E-state index contributed by atoms with van der Waals surface area (Å²) in [5.41, 5.74) is 1.10. The summed E-state index contributed by atoms with van der Waals surface area (Å²) < 4.78 is 34.1. The van der Waals surface area contributed by atoms with Gasteiger partial charge < -0.3 is 14.4 Å². The number of fused-ring (bicyclic) bond motifs is 1. The number of halogens is 3. The highest BCUT2D eigenvalue weighted by Crippen LogP contribution is 2.37. The van der Waals surface area contributed by atoms with Crippen molar-refractivity contribution >= 4 is 32.7 Å². The Bertz CT molecular complexity index is 1110. The highest BCUT2D eigenvalue weighted by atomic mass is 79.9. The van der Waals surface area contributed by atoms with Crippen LogP contribution in [0.1, 0.15) is 26.7 Å². The fourth-order valence-electron chi connectivity index (χ4n) is 3.55. The molecular weight excluding hydrogens is 434 g/mol. The molecule has 5 nitrogen and oxygen atoms in total. The topological polar surface area (TPSA) is 58.6 Å². The van der Waals surface area contributed by atoms with Gasteiger partial charge in [0.15, 0.2) is 23.0 Å². The monoisotopic (exact) mass is 452 g/mol. The molecule has 1 saturated heterocycles. The Hall–Kier alpha value is -2.35. The third-order valence-corrected chi connectivity index (χ3v) is 6.12. The quantitative estimate of drug-likeness (QED) is 0.558. The van der Waals surface area contributed by atoms with Crippen molar-refractivity contribution in [2.45, 2.75) is 26.7 Å². The van der Waals surface area contributed by atoms with E-state index in [1.54, 1.807) is 12.1 Å². The summed E-state index contributed by atoms with van der Waals surface area (Å²) in [5, 5.41) is 9.68. The van der Waals surface area contributed by atoms with E-state index in [0.717, 1.165) is 36.2 Å². The van der Waals surface area contributed by atoms with Crippen molar-refractivity contribution in [3.8, 4) is 11.4 Å². The summed E-state index contributed by atoms with van der Waals surface area (Å²) in [6, 6.07) is 7.07. The summed E-state index contributed by atoms with van der Waals surface area (Å²) in [6.07, 6.45) is 2.18. The summed E-state index contributed by atoms with van der Waals surface area (Å²) in [7, 11) is 0. The number of benzene rings is 2. The van der Waals surface area contributed by atoms with E-state index in [1.165, 1.54) is 0 Å². The summed E-state index contributed by atoms with van der Waals surface area (Å²) in [4.78, 5) is 14.6. The number of hydrogen-bond acceptors (Lipinski definition) is 4. The highest BCUT2D eigenvalue weighted by Gasteiger charge is 2.27. The van der Waals surface area contributed by atoms with Gasteiger partial charge in [-0.3, -0.25) is 0 Å².